The third-order valence-electron chi connectivity index (χ3n) is 3.35. The lowest BCUT2D eigenvalue weighted by Gasteiger charge is -2.22. The topological polar surface area (TPSA) is 62.5 Å². The Labute approximate surface area is 134 Å². The normalized spacial score (nSPS) is 15.0. The van der Waals surface area contributed by atoms with Crippen molar-refractivity contribution < 1.29 is 14.3 Å². The van der Waals surface area contributed by atoms with Gasteiger partial charge in [-0.25, -0.2) is 0 Å². The Balaban J connectivity index is 1.79. The van der Waals surface area contributed by atoms with E-state index in [4.69, 9.17) is 4.42 Å². The zero-order valence-corrected chi connectivity index (χ0v) is 13.6. The molecule has 1 amide bonds. The number of thioether (sulfide) groups is 1. The number of carbonyl (C=O) groups is 1. The van der Waals surface area contributed by atoms with Crippen LogP contribution in [0.15, 0.2) is 58.0 Å². The molecule has 0 spiro atoms. The zero-order chi connectivity index (χ0) is 16.0. The van der Waals surface area contributed by atoms with Crippen LogP contribution in [0.2, 0.25) is 0 Å². The molecule has 0 saturated heterocycles. The van der Waals surface area contributed by atoms with Gasteiger partial charge < -0.3 is 14.8 Å². The van der Waals surface area contributed by atoms with Gasteiger partial charge in [0, 0.05) is 16.6 Å². The molecule has 0 fully saturated rings. The van der Waals surface area contributed by atoms with E-state index in [1.165, 1.54) is 6.26 Å². The van der Waals surface area contributed by atoms with Crippen molar-refractivity contribution in [2.75, 3.05) is 12.3 Å². The molecule has 2 rings (SSSR count). The van der Waals surface area contributed by atoms with Gasteiger partial charge in [0.05, 0.1) is 12.8 Å². The van der Waals surface area contributed by atoms with Gasteiger partial charge in [-0.3, -0.25) is 4.79 Å². The molecule has 1 aromatic heterocycles. The summed E-state index contributed by atoms with van der Waals surface area (Å²) in [6.07, 6.45) is 1.50. The minimum absolute atomic E-state index is 0.0738. The molecule has 22 heavy (non-hydrogen) atoms. The Hall–Kier alpha value is -1.72. The first-order chi connectivity index (χ1) is 10.5. The predicted molar refractivity (Wildman–Crippen MR) is 87.6 cm³/mol. The molecule has 0 radical (unpaired) electrons. The summed E-state index contributed by atoms with van der Waals surface area (Å²) in [7, 11) is 0. The molecule has 1 aromatic carbocycles. The molecule has 0 aliphatic rings. The molecular weight excluding hydrogens is 298 g/mol. The van der Waals surface area contributed by atoms with E-state index in [0.717, 1.165) is 4.90 Å². The van der Waals surface area contributed by atoms with Crippen molar-refractivity contribution in [2.45, 2.75) is 24.3 Å². The van der Waals surface area contributed by atoms with Crippen molar-refractivity contribution >= 4 is 17.7 Å². The summed E-state index contributed by atoms with van der Waals surface area (Å²) in [6, 6.07) is 13.4. The second-order valence-electron chi connectivity index (χ2n) is 5.49. The van der Waals surface area contributed by atoms with Gasteiger partial charge in [0.2, 0.25) is 5.91 Å². The minimum Gasteiger partial charge on any atom is -0.466 e. The third kappa shape index (κ3) is 4.64. The molecule has 2 unspecified atom stereocenters. The molecule has 1 heterocycles. The van der Waals surface area contributed by atoms with Crippen molar-refractivity contribution in [2.24, 2.45) is 5.92 Å². The standard InChI is InChI=1S/C17H21NO3S/c1-13(11-22-14-7-4-3-5-8-14)16(19)18-12-17(2,20)15-9-6-10-21-15/h3-10,13,20H,11-12H2,1-2H3,(H,18,19). The summed E-state index contributed by atoms with van der Waals surface area (Å²) < 4.78 is 5.19. The maximum atomic E-state index is 12.1. The van der Waals surface area contributed by atoms with Crippen LogP contribution >= 0.6 is 11.8 Å². The van der Waals surface area contributed by atoms with Crippen LogP contribution in [0.4, 0.5) is 0 Å². The molecule has 0 aliphatic heterocycles. The number of rotatable bonds is 7. The van der Waals surface area contributed by atoms with Crippen LogP contribution in [0, 0.1) is 5.92 Å². The van der Waals surface area contributed by atoms with Crippen molar-refractivity contribution in [1.82, 2.24) is 5.32 Å². The molecular formula is C17H21NO3S. The fourth-order valence-electron chi connectivity index (χ4n) is 1.92. The van der Waals surface area contributed by atoms with Crippen molar-refractivity contribution in [3.8, 4) is 0 Å². The highest BCUT2D eigenvalue weighted by Crippen LogP contribution is 2.22. The van der Waals surface area contributed by atoms with Gasteiger partial charge in [-0.1, -0.05) is 25.1 Å². The molecule has 2 N–H and O–H groups in total. The first-order valence-corrected chi connectivity index (χ1v) is 8.19. The van der Waals surface area contributed by atoms with E-state index < -0.39 is 5.60 Å². The zero-order valence-electron chi connectivity index (χ0n) is 12.8. The SMILES string of the molecule is CC(CSc1ccccc1)C(=O)NCC(C)(O)c1ccco1. The number of amides is 1. The van der Waals surface area contributed by atoms with Gasteiger partial charge >= 0.3 is 0 Å². The average Bonchev–Trinajstić information content (AvgIpc) is 3.06. The monoisotopic (exact) mass is 319 g/mol. The number of aliphatic hydroxyl groups is 1. The van der Waals surface area contributed by atoms with E-state index in [0.29, 0.717) is 11.5 Å². The Morgan fingerprint density at radius 3 is 2.68 bits per heavy atom. The Morgan fingerprint density at radius 2 is 2.05 bits per heavy atom. The van der Waals surface area contributed by atoms with E-state index in [1.54, 1.807) is 30.8 Å². The number of nitrogens with one attached hydrogen (secondary N) is 1. The number of benzene rings is 1. The molecule has 0 aliphatic carbocycles. The lowest BCUT2D eigenvalue weighted by molar-refractivity contribution is -0.125. The van der Waals surface area contributed by atoms with Crippen molar-refractivity contribution in [3.05, 3.63) is 54.5 Å². The molecule has 4 nitrogen and oxygen atoms in total. The summed E-state index contributed by atoms with van der Waals surface area (Å²) in [4.78, 5) is 13.3. The van der Waals surface area contributed by atoms with Gasteiger partial charge in [0.1, 0.15) is 11.4 Å². The number of hydrogen-bond acceptors (Lipinski definition) is 4. The second-order valence-corrected chi connectivity index (χ2v) is 6.59. The van der Waals surface area contributed by atoms with E-state index in [9.17, 15) is 9.90 Å². The summed E-state index contributed by atoms with van der Waals surface area (Å²) in [6.45, 7) is 3.63. The van der Waals surface area contributed by atoms with Gasteiger partial charge in [0.25, 0.3) is 0 Å². The molecule has 118 valence electrons. The van der Waals surface area contributed by atoms with Gasteiger partial charge in [0.15, 0.2) is 0 Å². The van der Waals surface area contributed by atoms with Crippen LogP contribution in [0.3, 0.4) is 0 Å². The van der Waals surface area contributed by atoms with E-state index in [-0.39, 0.29) is 18.4 Å². The maximum absolute atomic E-state index is 12.1. The van der Waals surface area contributed by atoms with Gasteiger partial charge in [-0.05, 0) is 31.2 Å². The smallest absolute Gasteiger partial charge is 0.223 e. The van der Waals surface area contributed by atoms with Crippen LogP contribution in [0.1, 0.15) is 19.6 Å². The van der Waals surface area contributed by atoms with Crippen LogP contribution in [0.5, 0.6) is 0 Å². The van der Waals surface area contributed by atoms with Crippen LogP contribution in [0.25, 0.3) is 0 Å². The highest BCUT2D eigenvalue weighted by molar-refractivity contribution is 7.99. The highest BCUT2D eigenvalue weighted by atomic mass is 32.2. The highest BCUT2D eigenvalue weighted by Gasteiger charge is 2.27. The summed E-state index contributed by atoms with van der Waals surface area (Å²) in [5.74, 6) is 0.922. The first-order valence-electron chi connectivity index (χ1n) is 7.21. The maximum Gasteiger partial charge on any atom is 0.223 e. The first kappa shape index (κ1) is 16.6. The van der Waals surface area contributed by atoms with Crippen molar-refractivity contribution in [3.63, 3.8) is 0 Å². The summed E-state index contributed by atoms with van der Waals surface area (Å²) in [5.41, 5.74) is -1.20. The number of furan rings is 1. The summed E-state index contributed by atoms with van der Waals surface area (Å²) >= 11 is 1.65. The quantitative estimate of drug-likeness (QED) is 0.770. The average molecular weight is 319 g/mol. The third-order valence-corrected chi connectivity index (χ3v) is 4.62. The molecule has 5 heteroatoms. The van der Waals surface area contributed by atoms with Gasteiger partial charge in [-0.2, -0.15) is 0 Å². The largest absolute Gasteiger partial charge is 0.466 e. The molecule has 2 aromatic rings. The predicted octanol–water partition coefficient (Wildman–Crippen LogP) is 3.03. The lowest BCUT2D eigenvalue weighted by atomic mass is 10.0. The van der Waals surface area contributed by atoms with Crippen LogP contribution < -0.4 is 5.32 Å². The Bertz CT molecular complexity index is 581. The summed E-state index contributed by atoms with van der Waals surface area (Å²) in [5, 5.41) is 13.1. The van der Waals surface area contributed by atoms with E-state index in [1.807, 2.05) is 37.3 Å². The lowest BCUT2D eigenvalue weighted by Crippen LogP contribution is -2.41. The van der Waals surface area contributed by atoms with Crippen molar-refractivity contribution in [1.29, 1.82) is 0 Å². The minimum atomic E-state index is -1.20. The fraction of sp³-hybridized carbons (Fsp3) is 0.353. The molecule has 2 atom stereocenters. The second kappa shape index (κ2) is 7.51. The number of hydrogen-bond donors (Lipinski definition) is 2. The van der Waals surface area contributed by atoms with E-state index >= 15 is 0 Å². The fourth-order valence-corrected chi connectivity index (χ4v) is 2.86. The number of carbonyl (C=O) groups excluding carboxylic acids is 1. The van der Waals surface area contributed by atoms with E-state index in [2.05, 4.69) is 5.32 Å². The molecule has 0 saturated carbocycles. The molecule has 0 bridgehead atoms. The Kier molecular flexibility index (Phi) is 5.69. The Morgan fingerprint density at radius 1 is 1.32 bits per heavy atom. The van der Waals surface area contributed by atoms with Crippen LogP contribution in [-0.2, 0) is 10.4 Å². The van der Waals surface area contributed by atoms with Crippen LogP contribution in [-0.4, -0.2) is 23.3 Å². The van der Waals surface area contributed by atoms with Gasteiger partial charge in [-0.15, -0.1) is 11.8 Å².